The van der Waals surface area contributed by atoms with E-state index in [1.807, 2.05) is 6.92 Å². The molecule has 6 nitrogen and oxygen atoms in total. The molecule has 22 heavy (non-hydrogen) atoms. The van der Waals surface area contributed by atoms with Gasteiger partial charge >= 0.3 is 0 Å². The molecule has 1 aliphatic heterocycles. The number of nitrogens with zero attached hydrogens (tertiary/aromatic N) is 1. The van der Waals surface area contributed by atoms with E-state index in [0.717, 1.165) is 26.1 Å². The van der Waals surface area contributed by atoms with E-state index in [4.69, 9.17) is 14.2 Å². The van der Waals surface area contributed by atoms with Crippen LogP contribution >= 0.6 is 11.9 Å². The molecule has 0 radical (unpaired) electrons. The Hall–Kier alpha value is -0.340. The third-order valence-corrected chi connectivity index (χ3v) is 4.14. The van der Waals surface area contributed by atoms with Crippen LogP contribution in [0.3, 0.4) is 0 Å². The van der Waals surface area contributed by atoms with Gasteiger partial charge < -0.3 is 19.5 Å². The van der Waals surface area contributed by atoms with Gasteiger partial charge in [-0.05, 0) is 12.7 Å². The highest BCUT2D eigenvalue weighted by Crippen LogP contribution is 2.21. The topological polar surface area (TPSA) is 60.0 Å². The molecule has 0 aliphatic carbocycles. The van der Waals surface area contributed by atoms with Gasteiger partial charge in [0.05, 0.1) is 39.6 Å². The smallest absolute Gasteiger partial charge is 0.220 e. The van der Waals surface area contributed by atoms with Crippen LogP contribution in [-0.2, 0) is 19.0 Å². The molecule has 1 amide bonds. The fraction of sp³-hybridized carbons (Fsp3) is 0.933. The summed E-state index contributed by atoms with van der Waals surface area (Å²) in [5.74, 6) is 0.769. The molecule has 1 saturated heterocycles. The predicted molar refractivity (Wildman–Crippen MR) is 89.0 cm³/mol. The van der Waals surface area contributed by atoms with Gasteiger partial charge in [-0.2, -0.15) is 0 Å². The molecule has 7 heteroatoms. The molecule has 1 fully saturated rings. The number of rotatable bonds is 14. The lowest BCUT2D eigenvalue weighted by Crippen LogP contribution is -2.44. The van der Waals surface area contributed by atoms with E-state index in [-0.39, 0.29) is 5.91 Å². The fourth-order valence-corrected chi connectivity index (χ4v) is 2.76. The molecule has 0 unspecified atom stereocenters. The van der Waals surface area contributed by atoms with Crippen LogP contribution in [-0.4, -0.2) is 75.7 Å². The van der Waals surface area contributed by atoms with Crippen molar-refractivity contribution in [3.8, 4) is 0 Å². The first-order valence-corrected chi connectivity index (χ1v) is 9.23. The summed E-state index contributed by atoms with van der Waals surface area (Å²) in [5, 5.41) is 2.80. The van der Waals surface area contributed by atoms with Gasteiger partial charge in [-0.3, -0.25) is 9.10 Å². The SMILES string of the molecule is CCCC(=O)NCCOCCOCCOCC1CN(SC)C1. The molecule has 130 valence electrons. The summed E-state index contributed by atoms with van der Waals surface area (Å²) >= 11 is 1.79. The van der Waals surface area contributed by atoms with E-state index in [9.17, 15) is 4.79 Å². The van der Waals surface area contributed by atoms with E-state index < -0.39 is 0 Å². The lowest BCUT2D eigenvalue weighted by atomic mass is 10.1. The molecule has 1 N–H and O–H groups in total. The number of carbonyl (C=O) groups excluding carboxylic acids is 1. The number of amides is 1. The summed E-state index contributed by atoms with van der Waals surface area (Å²) in [6.45, 7) is 8.54. The monoisotopic (exact) mass is 334 g/mol. The molecule has 0 aromatic heterocycles. The minimum Gasteiger partial charge on any atom is -0.379 e. The lowest BCUT2D eigenvalue weighted by molar-refractivity contribution is -0.121. The molecule has 0 spiro atoms. The highest BCUT2D eigenvalue weighted by molar-refractivity contribution is 7.96. The average molecular weight is 334 g/mol. The minimum absolute atomic E-state index is 0.0895. The summed E-state index contributed by atoms with van der Waals surface area (Å²) < 4.78 is 18.7. The summed E-state index contributed by atoms with van der Waals surface area (Å²) in [6.07, 6.45) is 3.56. The fourth-order valence-electron chi connectivity index (χ4n) is 2.04. The van der Waals surface area contributed by atoms with Crippen molar-refractivity contribution < 1.29 is 19.0 Å². The van der Waals surface area contributed by atoms with Gasteiger partial charge in [0.1, 0.15) is 0 Å². The van der Waals surface area contributed by atoms with Crippen molar-refractivity contribution in [2.45, 2.75) is 19.8 Å². The summed E-state index contributed by atoms with van der Waals surface area (Å²) in [7, 11) is 0. The third-order valence-electron chi connectivity index (χ3n) is 3.33. The van der Waals surface area contributed by atoms with E-state index in [0.29, 0.717) is 51.9 Å². The zero-order chi connectivity index (χ0) is 16.0. The van der Waals surface area contributed by atoms with Crippen LogP contribution in [0.4, 0.5) is 0 Å². The van der Waals surface area contributed by atoms with Crippen LogP contribution in [0.15, 0.2) is 0 Å². The zero-order valence-electron chi connectivity index (χ0n) is 13.8. The molecule has 0 bridgehead atoms. The van der Waals surface area contributed by atoms with Crippen molar-refractivity contribution in [1.29, 1.82) is 0 Å². The van der Waals surface area contributed by atoms with Crippen LogP contribution in [0.2, 0.25) is 0 Å². The Morgan fingerprint density at radius 3 is 2.41 bits per heavy atom. The quantitative estimate of drug-likeness (QED) is 0.380. The maximum absolute atomic E-state index is 11.2. The Kier molecular flexibility index (Phi) is 11.8. The Morgan fingerprint density at radius 1 is 1.14 bits per heavy atom. The van der Waals surface area contributed by atoms with Gasteiger partial charge in [0.15, 0.2) is 0 Å². The van der Waals surface area contributed by atoms with Crippen LogP contribution < -0.4 is 5.32 Å². The average Bonchev–Trinajstić information content (AvgIpc) is 2.46. The first kappa shape index (κ1) is 19.7. The Labute approximate surface area is 138 Å². The normalized spacial score (nSPS) is 15.7. The van der Waals surface area contributed by atoms with Gasteiger partial charge in [-0.1, -0.05) is 18.9 Å². The molecule has 0 aromatic carbocycles. The maximum Gasteiger partial charge on any atom is 0.220 e. The highest BCUT2D eigenvalue weighted by Gasteiger charge is 2.25. The molecule has 0 atom stereocenters. The molecular weight excluding hydrogens is 304 g/mol. The first-order valence-electron chi connectivity index (χ1n) is 8.05. The summed E-state index contributed by atoms with van der Waals surface area (Å²) in [4.78, 5) is 11.2. The van der Waals surface area contributed by atoms with Crippen LogP contribution in [0.5, 0.6) is 0 Å². The maximum atomic E-state index is 11.2. The van der Waals surface area contributed by atoms with Crippen LogP contribution in [0.1, 0.15) is 19.8 Å². The molecule has 0 saturated carbocycles. The molecule has 0 aromatic rings. The number of nitrogens with one attached hydrogen (secondary N) is 1. The van der Waals surface area contributed by atoms with Crippen LogP contribution in [0, 0.1) is 5.92 Å². The largest absolute Gasteiger partial charge is 0.379 e. The number of hydrogen-bond donors (Lipinski definition) is 1. The standard InChI is InChI=1S/C15H30N2O4S/c1-3-4-15(18)16-5-6-19-7-8-20-9-10-21-13-14-11-17(12-14)22-2/h14H,3-13H2,1-2H3,(H,16,18). The van der Waals surface area contributed by atoms with Crippen molar-refractivity contribution in [1.82, 2.24) is 9.62 Å². The van der Waals surface area contributed by atoms with Crippen LogP contribution in [0.25, 0.3) is 0 Å². The van der Waals surface area contributed by atoms with E-state index in [1.54, 1.807) is 11.9 Å². The van der Waals surface area contributed by atoms with Crippen molar-refractivity contribution in [3.05, 3.63) is 0 Å². The van der Waals surface area contributed by atoms with Gasteiger partial charge in [0.2, 0.25) is 5.91 Å². The Balaban J connectivity index is 1.71. The van der Waals surface area contributed by atoms with E-state index in [1.165, 1.54) is 0 Å². The van der Waals surface area contributed by atoms with Gasteiger partial charge in [-0.15, -0.1) is 0 Å². The predicted octanol–water partition coefficient (Wildman–Crippen LogP) is 1.16. The van der Waals surface area contributed by atoms with E-state index >= 15 is 0 Å². The Morgan fingerprint density at radius 2 is 1.77 bits per heavy atom. The molecule has 1 rings (SSSR count). The lowest BCUT2D eigenvalue weighted by Gasteiger charge is -2.36. The van der Waals surface area contributed by atoms with E-state index in [2.05, 4.69) is 15.9 Å². The van der Waals surface area contributed by atoms with Gasteiger partial charge in [0.25, 0.3) is 0 Å². The third kappa shape index (κ3) is 9.63. The number of carbonyl (C=O) groups is 1. The second kappa shape index (κ2) is 13.1. The van der Waals surface area contributed by atoms with Crippen molar-refractivity contribution in [2.24, 2.45) is 5.92 Å². The van der Waals surface area contributed by atoms with Crippen molar-refractivity contribution >= 4 is 17.9 Å². The molecule has 1 heterocycles. The second-order valence-corrected chi connectivity index (χ2v) is 6.18. The van der Waals surface area contributed by atoms with Crippen molar-refractivity contribution in [3.63, 3.8) is 0 Å². The second-order valence-electron chi connectivity index (χ2n) is 5.30. The minimum atomic E-state index is 0.0895. The highest BCUT2D eigenvalue weighted by atomic mass is 32.2. The van der Waals surface area contributed by atoms with Crippen molar-refractivity contribution in [2.75, 3.05) is 65.5 Å². The number of hydrogen-bond acceptors (Lipinski definition) is 6. The number of ether oxygens (including phenoxy) is 3. The molecule has 1 aliphatic rings. The summed E-state index contributed by atoms with van der Waals surface area (Å²) in [6, 6.07) is 0. The van der Waals surface area contributed by atoms with Gasteiger partial charge in [0, 0.05) is 32.0 Å². The molecular formula is C15H30N2O4S. The summed E-state index contributed by atoms with van der Waals surface area (Å²) in [5.41, 5.74) is 0. The zero-order valence-corrected chi connectivity index (χ0v) is 14.7. The van der Waals surface area contributed by atoms with Gasteiger partial charge in [-0.25, -0.2) is 0 Å². The Bertz CT molecular complexity index is 289. The first-order chi connectivity index (χ1) is 10.8.